The van der Waals surface area contributed by atoms with E-state index in [-0.39, 0.29) is 22.9 Å². The number of halogens is 5. The number of benzene rings is 1. The lowest BCUT2D eigenvalue weighted by molar-refractivity contribution is -0.0503. The van der Waals surface area contributed by atoms with Gasteiger partial charge in [0.05, 0.1) is 28.1 Å². The minimum Gasteiger partial charge on any atom is -0.337 e. The summed E-state index contributed by atoms with van der Waals surface area (Å²) in [6, 6.07) is 4.09. The molecule has 0 aliphatic heterocycles. The third-order valence-electron chi connectivity index (χ3n) is 7.42. The molecule has 0 unspecified atom stereocenters. The zero-order valence-electron chi connectivity index (χ0n) is 19.2. The summed E-state index contributed by atoms with van der Waals surface area (Å²) in [5, 5.41) is 8.44. The molecule has 0 N–H and O–H groups in total. The summed E-state index contributed by atoms with van der Waals surface area (Å²) in [4.78, 5) is 7.76. The van der Waals surface area contributed by atoms with Crippen molar-refractivity contribution in [3.63, 3.8) is 0 Å². The molecule has 36 heavy (non-hydrogen) atoms. The second kappa shape index (κ2) is 7.64. The van der Waals surface area contributed by atoms with Crippen molar-refractivity contribution in [1.29, 1.82) is 0 Å². The SMILES string of the molecule is Cc1cnc(OS(=O)(=O)C(F)(F)F)nc1[C@]12CC[C@@H](c3cc(-c4c(F)cccc4F)nnc31)C2(C)C. The van der Waals surface area contributed by atoms with Gasteiger partial charge in [-0.05, 0) is 60.4 Å². The Labute approximate surface area is 202 Å². The van der Waals surface area contributed by atoms with E-state index in [1.165, 1.54) is 12.3 Å². The van der Waals surface area contributed by atoms with Gasteiger partial charge in [-0.15, -0.1) is 5.10 Å². The number of rotatable bonds is 4. The Hall–Kier alpha value is -3.22. The van der Waals surface area contributed by atoms with Gasteiger partial charge in [-0.3, -0.25) is 0 Å². The van der Waals surface area contributed by atoms with Crippen molar-refractivity contribution in [2.45, 2.75) is 50.5 Å². The van der Waals surface area contributed by atoms with E-state index in [2.05, 4.69) is 24.3 Å². The molecule has 13 heteroatoms. The molecule has 190 valence electrons. The van der Waals surface area contributed by atoms with Crippen LogP contribution in [-0.2, 0) is 15.5 Å². The topological polar surface area (TPSA) is 94.9 Å². The predicted molar refractivity (Wildman–Crippen MR) is 116 cm³/mol. The van der Waals surface area contributed by atoms with E-state index >= 15 is 0 Å². The molecule has 2 aromatic heterocycles. The molecule has 2 aliphatic carbocycles. The van der Waals surface area contributed by atoms with Crippen LogP contribution in [0.5, 0.6) is 6.01 Å². The Morgan fingerprint density at radius 3 is 2.39 bits per heavy atom. The average Bonchev–Trinajstić information content (AvgIpc) is 3.15. The summed E-state index contributed by atoms with van der Waals surface area (Å²) in [6.45, 7) is 5.51. The fourth-order valence-corrected chi connectivity index (χ4v) is 6.13. The van der Waals surface area contributed by atoms with Gasteiger partial charge in [-0.2, -0.15) is 31.7 Å². The van der Waals surface area contributed by atoms with Gasteiger partial charge in [0.15, 0.2) is 0 Å². The van der Waals surface area contributed by atoms with Crippen LogP contribution in [0.25, 0.3) is 11.3 Å². The van der Waals surface area contributed by atoms with Gasteiger partial charge in [0.2, 0.25) is 0 Å². The first-order chi connectivity index (χ1) is 16.7. The van der Waals surface area contributed by atoms with E-state index in [0.29, 0.717) is 29.7 Å². The lowest BCUT2D eigenvalue weighted by atomic mass is 9.65. The number of aryl methyl sites for hydroxylation is 1. The number of aromatic nitrogens is 4. The zero-order valence-corrected chi connectivity index (χ0v) is 20.0. The predicted octanol–water partition coefficient (Wildman–Crippen LogP) is 4.95. The molecule has 3 aromatic rings. The Morgan fingerprint density at radius 1 is 1.08 bits per heavy atom. The second-order valence-corrected chi connectivity index (χ2v) is 11.1. The van der Waals surface area contributed by atoms with Crippen LogP contribution in [0.15, 0.2) is 30.5 Å². The number of alkyl halides is 3. The van der Waals surface area contributed by atoms with Crippen LogP contribution in [0.4, 0.5) is 22.0 Å². The lowest BCUT2D eigenvalue weighted by Crippen LogP contribution is -2.39. The molecule has 2 aliphatic rings. The van der Waals surface area contributed by atoms with E-state index in [0.717, 1.165) is 12.1 Å². The summed E-state index contributed by atoms with van der Waals surface area (Å²) >= 11 is 0. The van der Waals surface area contributed by atoms with E-state index in [1.807, 2.05) is 13.8 Å². The zero-order chi connectivity index (χ0) is 26.3. The van der Waals surface area contributed by atoms with Crippen LogP contribution in [0, 0.1) is 24.0 Å². The summed E-state index contributed by atoms with van der Waals surface area (Å²) in [7, 11) is -5.98. The van der Waals surface area contributed by atoms with Crippen LogP contribution in [0.3, 0.4) is 0 Å². The molecule has 2 heterocycles. The van der Waals surface area contributed by atoms with Crippen molar-refractivity contribution in [3.05, 3.63) is 64.6 Å². The molecule has 1 aromatic carbocycles. The maximum atomic E-state index is 14.4. The van der Waals surface area contributed by atoms with Gasteiger partial charge in [0.1, 0.15) is 11.6 Å². The first-order valence-corrected chi connectivity index (χ1v) is 12.3. The van der Waals surface area contributed by atoms with Crippen LogP contribution in [-0.4, -0.2) is 34.1 Å². The second-order valence-electron chi connectivity index (χ2n) is 9.52. The van der Waals surface area contributed by atoms with Crippen LogP contribution in [0.2, 0.25) is 0 Å². The molecule has 5 rings (SSSR count). The maximum absolute atomic E-state index is 14.4. The van der Waals surface area contributed by atoms with Crippen LogP contribution < -0.4 is 4.18 Å². The standard InChI is InChI=1S/C23H19F5N4O3S/c1-11-10-29-20(35-36(33,34)23(26,27)28)30-18(11)22-8-7-13(21(22,2)3)12-9-16(31-32-19(12)22)17-14(24)5-4-6-15(17)25/h4-6,9-10,13H,7-8H2,1-3H3/t13-,22+/m0/s1. The normalized spacial score (nSPS) is 22.5. The molecule has 0 spiro atoms. The lowest BCUT2D eigenvalue weighted by Gasteiger charge is -2.38. The molecule has 7 nitrogen and oxygen atoms in total. The molecule has 2 bridgehead atoms. The van der Waals surface area contributed by atoms with Gasteiger partial charge in [0.25, 0.3) is 0 Å². The molecule has 1 fully saturated rings. The van der Waals surface area contributed by atoms with Crippen molar-refractivity contribution in [2.75, 3.05) is 0 Å². The molecular weight excluding hydrogens is 507 g/mol. The minimum absolute atomic E-state index is 0.0163. The number of fused-ring (bicyclic) bond motifs is 5. The summed E-state index contributed by atoms with van der Waals surface area (Å²) in [6.07, 6.45) is 2.31. The molecule has 2 atom stereocenters. The van der Waals surface area contributed by atoms with Gasteiger partial charge in [-0.1, -0.05) is 19.9 Å². The fourth-order valence-electron chi connectivity index (χ4n) is 5.76. The van der Waals surface area contributed by atoms with Gasteiger partial charge in [0, 0.05) is 6.20 Å². The smallest absolute Gasteiger partial charge is 0.337 e. The molecule has 0 radical (unpaired) electrons. The highest BCUT2D eigenvalue weighted by Gasteiger charge is 2.65. The van der Waals surface area contributed by atoms with Crippen LogP contribution >= 0.6 is 0 Å². The number of hydrogen-bond donors (Lipinski definition) is 0. The Bertz CT molecular complexity index is 1490. The Balaban J connectivity index is 1.67. The van der Waals surface area contributed by atoms with E-state index < -0.39 is 44.1 Å². The van der Waals surface area contributed by atoms with E-state index in [4.69, 9.17) is 0 Å². The van der Waals surface area contributed by atoms with E-state index in [1.54, 1.807) is 13.0 Å². The summed E-state index contributed by atoms with van der Waals surface area (Å²) in [5.74, 6) is -1.71. The molecule has 1 saturated carbocycles. The quantitative estimate of drug-likeness (QED) is 0.270. The van der Waals surface area contributed by atoms with Crippen molar-refractivity contribution in [3.8, 4) is 17.3 Å². The number of hydrogen-bond acceptors (Lipinski definition) is 7. The largest absolute Gasteiger partial charge is 0.534 e. The summed E-state index contributed by atoms with van der Waals surface area (Å²) < 4.78 is 94.7. The van der Waals surface area contributed by atoms with Gasteiger partial charge >= 0.3 is 21.6 Å². The monoisotopic (exact) mass is 526 g/mol. The minimum atomic E-state index is -5.98. The van der Waals surface area contributed by atoms with Crippen molar-refractivity contribution in [1.82, 2.24) is 20.2 Å². The Kier molecular flexibility index (Phi) is 5.19. The number of nitrogens with zero attached hydrogens (tertiary/aromatic N) is 4. The fraction of sp³-hybridized carbons (Fsp3) is 0.391. The third kappa shape index (κ3) is 3.24. The maximum Gasteiger partial charge on any atom is 0.534 e. The Morgan fingerprint density at radius 2 is 1.75 bits per heavy atom. The summed E-state index contributed by atoms with van der Waals surface area (Å²) in [5.41, 5.74) is -5.61. The highest BCUT2D eigenvalue weighted by Crippen LogP contribution is 2.69. The molecule has 0 saturated heterocycles. The average molecular weight is 526 g/mol. The van der Waals surface area contributed by atoms with E-state index in [9.17, 15) is 30.4 Å². The van der Waals surface area contributed by atoms with Crippen LogP contribution in [0.1, 0.15) is 55.1 Å². The van der Waals surface area contributed by atoms with Crippen molar-refractivity contribution < 1.29 is 34.6 Å². The highest BCUT2D eigenvalue weighted by molar-refractivity contribution is 7.87. The first kappa shape index (κ1) is 24.5. The molecule has 0 amide bonds. The van der Waals surface area contributed by atoms with Gasteiger partial charge in [-0.25, -0.2) is 13.8 Å². The highest BCUT2D eigenvalue weighted by atomic mass is 32.2. The van der Waals surface area contributed by atoms with Crippen molar-refractivity contribution >= 4 is 10.1 Å². The molecular formula is C23H19F5N4O3S. The third-order valence-corrected chi connectivity index (χ3v) is 8.36. The van der Waals surface area contributed by atoms with Crippen molar-refractivity contribution in [2.24, 2.45) is 5.41 Å². The van der Waals surface area contributed by atoms with Gasteiger partial charge < -0.3 is 4.18 Å². The first-order valence-electron chi connectivity index (χ1n) is 10.9.